The molecule has 0 aliphatic carbocycles. The van der Waals surface area contributed by atoms with Crippen molar-refractivity contribution in [3.8, 4) is 5.75 Å². The summed E-state index contributed by atoms with van der Waals surface area (Å²) in [4.78, 5) is 4.49. The van der Waals surface area contributed by atoms with E-state index in [1.54, 1.807) is 0 Å². The van der Waals surface area contributed by atoms with Crippen LogP contribution in [0.2, 0.25) is 0 Å². The average Bonchev–Trinajstić information content (AvgIpc) is 2.89. The fraction of sp³-hybridized carbons (Fsp3) is 0.312. The summed E-state index contributed by atoms with van der Waals surface area (Å²) >= 11 is 0. The highest BCUT2D eigenvalue weighted by atomic mass is 16.5. The van der Waals surface area contributed by atoms with Gasteiger partial charge in [-0.25, -0.2) is 4.98 Å². The maximum absolute atomic E-state index is 5.90. The Labute approximate surface area is 119 Å². The number of anilines is 2. The Morgan fingerprint density at radius 3 is 2.70 bits per heavy atom. The van der Waals surface area contributed by atoms with E-state index in [0.717, 1.165) is 36.9 Å². The van der Waals surface area contributed by atoms with Crippen molar-refractivity contribution >= 4 is 11.6 Å². The van der Waals surface area contributed by atoms with Gasteiger partial charge in [0.1, 0.15) is 23.5 Å². The van der Waals surface area contributed by atoms with Crippen molar-refractivity contribution in [2.75, 3.05) is 23.7 Å². The highest BCUT2D eigenvalue weighted by molar-refractivity contribution is 5.45. The van der Waals surface area contributed by atoms with Gasteiger partial charge >= 0.3 is 0 Å². The Kier molecular flexibility index (Phi) is 3.72. The number of para-hydroxylation sites is 1. The summed E-state index contributed by atoms with van der Waals surface area (Å²) in [6.07, 6.45) is 1.13. The Balaban J connectivity index is 1.57. The molecule has 2 heterocycles. The van der Waals surface area contributed by atoms with E-state index in [9.17, 15) is 0 Å². The Hall–Kier alpha value is -2.23. The third-order valence-corrected chi connectivity index (χ3v) is 3.33. The number of hydrogen-bond donors (Lipinski definition) is 2. The molecule has 2 aromatic rings. The predicted octanol–water partition coefficient (Wildman–Crippen LogP) is 2.93. The highest BCUT2D eigenvalue weighted by Gasteiger charge is 2.21. The second-order valence-electron chi connectivity index (χ2n) is 4.87. The van der Waals surface area contributed by atoms with Crippen molar-refractivity contribution in [1.29, 1.82) is 0 Å². The zero-order valence-corrected chi connectivity index (χ0v) is 11.6. The third-order valence-electron chi connectivity index (χ3n) is 3.33. The van der Waals surface area contributed by atoms with Crippen LogP contribution in [0.4, 0.5) is 11.6 Å². The van der Waals surface area contributed by atoms with Crippen LogP contribution in [0.25, 0.3) is 0 Å². The minimum atomic E-state index is 0.178. The van der Waals surface area contributed by atoms with Gasteiger partial charge < -0.3 is 15.4 Å². The van der Waals surface area contributed by atoms with Crippen molar-refractivity contribution in [2.24, 2.45) is 0 Å². The van der Waals surface area contributed by atoms with Gasteiger partial charge in [0, 0.05) is 13.0 Å². The maximum Gasteiger partial charge on any atom is 0.128 e. The minimum Gasteiger partial charge on any atom is -0.488 e. The highest BCUT2D eigenvalue weighted by Crippen LogP contribution is 2.28. The first-order chi connectivity index (χ1) is 9.85. The van der Waals surface area contributed by atoms with E-state index >= 15 is 0 Å². The van der Waals surface area contributed by atoms with E-state index in [1.807, 2.05) is 30.3 Å². The lowest BCUT2D eigenvalue weighted by Crippen LogP contribution is -2.24. The molecule has 1 aromatic heterocycles. The number of nitrogens with one attached hydrogen (secondary N) is 2. The van der Waals surface area contributed by atoms with Crippen molar-refractivity contribution in [2.45, 2.75) is 19.4 Å². The van der Waals surface area contributed by atoms with Crippen LogP contribution in [-0.4, -0.2) is 24.2 Å². The summed E-state index contributed by atoms with van der Waals surface area (Å²) in [5.74, 6) is 2.78. The van der Waals surface area contributed by atoms with Crippen molar-refractivity contribution in [3.05, 3.63) is 48.0 Å². The van der Waals surface area contributed by atoms with E-state index < -0.39 is 0 Å². The summed E-state index contributed by atoms with van der Waals surface area (Å²) in [6.45, 7) is 3.69. The second-order valence-corrected chi connectivity index (χ2v) is 4.87. The number of pyridine rings is 1. The molecule has 1 unspecified atom stereocenters. The van der Waals surface area contributed by atoms with Crippen LogP contribution in [0.3, 0.4) is 0 Å². The largest absolute Gasteiger partial charge is 0.488 e. The quantitative estimate of drug-likeness (QED) is 0.876. The molecule has 4 heteroatoms. The number of rotatable bonds is 5. The third kappa shape index (κ3) is 2.85. The first-order valence-electron chi connectivity index (χ1n) is 7.04. The summed E-state index contributed by atoms with van der Waals surface area (Å²) in [5, 5.41) is 6.55. The molecule has 0 radical (unpaired) electrons. The molecule has 1 aliphatic rings. The Bertz CT molecular complexity index is 560. The van der Waals surface area contributed by atoms with Crippen molar-refractivity contribution in [1.82, 2.24) is 4.98 Å². The van der Waals surface area contributed by atoms with Crippen LogP contribution in [0.5, 0.6) is 5.75 Å². The van der Waals surface area contributed by atoms with Gasteiger partial charge in [-0.05, 0) is 30.7 Å². The smallest absolute Gasteiger partial charge is 0.128 e. The lowest BCUT2D eigenvalue weighted by Gasteiger charge is -2.13. The molecule has 104 valence electrons. The number of aromatic nitrogens is 1. The summed E-state index contributed by atoms with van der Waals surface area (Å²) < 4.78 is 5.90. The molecule has 4 nitrogen and oxygen atoms in total. The summed E-state index contributed by atoms with van der Waals surface area (Å²) in [7, 11) is 0. The van der Waals surface area contributed by atoms with E-state index in [1.165, 1.54) is 5.56 Å². The lowest BCUT2D eigenvalue weighted by molar-refractivity contribution is 0.246. The molecular weight excluding hydrogens is 250 g/mol. The van der Waals surface area contributed by atoms with Crippen LogP contribution < -0.4 is 15.4 Å². The van der Waals surface area contributed by atoms with Crippen LogP contribution in [-0.2, 0) is 6.42 Å². The van der Waals surface area contributed by atoms with E-state index in [2.05, 4.69) is 34.7 Å². The molecule has 20 heavy (non-hydrogen) atoms. The summed E-state index contributed by atoms with van der Waals surface area (Å²) in [6, 6.07) is 14.2. The molecule has 1 aliphatic heterocycles. The van der Waals surface area contributed by atoms with E-state index in [-0.39, 0.29) is 6.10 Å². The zero-order chi connectivity index (χ0) is 13.8. The van der Waals surface area contributed by atoms with Gasteiger partial charge in [-0.2, -0.15) is 0 Å². The molecule has 0 saturated carbocycles. The zero-order valence-electron chi connectivity index (χ0n) is 11.6. The number of nitrogens with zero attached hydrogens (tertiary/aromatic N) is 1. The second kappa shape index (κ2) is 5.82. The monoisotopic (exact) mass is 269 g/mol. The van der Waals surface area contributed by atoms with Crippen LogP contribution in [0, 0.1) is 0 Å². The van der Waals surface area contributed by atoms with E-state index in [4.69, 9.17) is 4.74 Å². The Morgan fingerprint density at radius 1 is 1.10 bits per heavy atom. The first kappa shape index (κ1) is 12.8. The lowest BCUT2D eigenvalue weighted by atomic mass is 10.1. The SMILES string of the molecule is CCNc1cccc(NCC2Cc3ccccc3O2)n1. The first-order valence-corrected chi connectivity index (χ1v) is 7.04. The standard InChI is InChI=1S/C16H19N3O/c1-2-17-15-8-5-9-16(19-15)18-11-13-10-12-6-3-4-7-14(12)20-13/h3-9,13H,2,10-11H2,1H3,(H2,17,18,19). The van der Waals surface area contributed by atoms with Crippen LogP contribution in [0.15, 0.2) is 42.5 Å². The molecule has 0 bridgehead atoms. The fourth-order valence-electron chi connectivity index (χ4n) is 2.40. The normalized spacial score (nSPS) is 16.4. The Morgan fingerprint density at radius 2 is 1.90 bits per heavy atom. The molecule has 0 spiro atoms. The topological polar surface area (TPSA) is 46.2 Å². The molecular formula is C16H19N3O. The number of hydrogen-bond acceptors (Lipinski definition) is 4. The van der Waals surface area contributed by atoms with Crippen LogP contribution >= 0.6 is 0 Å². The number of ether oxygens (including phenoxy) is 1. The molecule has 2 N–H and O–H groups in total. The van der Waals surface area contributed by atoms with Crippen molar-refractivity contribution < 1.29 is 4.74 Å². The molecule has 1 aromatic carbocycles. The average molecular weight is 269 g/mol. The molecule has 0 amide bonds. The van der Waals surface area contributed by atoms with Gasteiger partial charge in [0.2, 0.25) is 0 Å². The van der Waals surface area contributed by atoms with E-state index in [0.29, 0.717) is 0 Å². The molecule has 0 fully saturated rings. The number of benzene rings is 1. The molecule has 3 rings (SSSR count). The van der Waals surface area contributed by atoms with Gasteiger partial charge in [-0.15, -0.1) is 0 Å². The van der Waals surface area contributed by atoms with Gasteiger partial charge in [-0.1, -0.05) is 24.3 Å². The predicted molar refractivity (Wildman–Crippen MR) is 81.5 cm³/mol. The van der Waals surface area contributed by atoms with Gasteiger partial charge in [0.05, 0.1) is 6.54 Å². The van der Waals surface area contributed by atoms with Crippen molar-refractivity contribution in [3.63, 3.8) is 0 Å². The van der Waals surface area contributed by atoms with Gasteiger partial charge in [0.25, 0.3) is 0 Å². The fourth-order valence-corrected chi connectivity index (χ4v) is 2.40. The van der Waals surface area contributed by atoms with Gasteiger partial charge in [-0.3, -0.25) is 0 Å². The molecule has 1 atom stereocenters. The molecule has 0 saturated heterocycles. The van der Waals surface area contributed by atoms with Gasteiger partial charge in [0.15, 0.2) is 0 Å². The maximum atomic E-state index is 5.90. The number of fused-ring (bicyclic) bond motifs is 1. The minimum absolute atomic E-state index is 0.178. The summed E-state index contributed by atoms with van der Waals surface area (Å²) in [5.41, 5.74) is 1.29. The van der Waals surface area contributed by atoms with Crippen LogP contribution in [0.1, 0.15) is 12.5 Å².